The summed E-state index contributed by atoms with van der Waals surface area (Å²) in [6, 6.07) is 5.19. The van der Waals surface area contributed by atoms with Crippen LogP contribution in [-0.4, -0.2) is 35.4 Å². The van der Waals surface area contributed by atoms with Gasteiger partial charge in [-0.2, -0.15) is 0 Å². The van der Waals surface area contributed by atoms with Gasteiger partial charge in [-0.25, -0.2) is 4.79 Å². The lowest BCUT2D eigenvalue weighted by Gasteiger charge is -2.29. The first kappa shape index (κ1) is 14.3. The van der Waals surface area contributed by atoms with Crippen LogP contribution in [0.4, 0.5) is 11.4 Å². The lowest BCUT2D eigenvalue weighted by molar-refractivity contribution is 0.0698. The molecule has 0 heterocycles. The van der Waals surface area contributed by atoms with Crippen LogP contribution in [0.15, 0.2) is 18.2 Å². The zero-order valence-electron chi connectivity index (χ0n) is 10.8. The van der Waals surface area contributed by atoms with Crippen LogP contribution in [0.1, 0.15) is 30.6 Å². The Bertz CT molecular complexity index is 419. The molecule has 0 aliphatic rings. The predicted octanol–water partition coefficient (Wildman–Crippen LogP) is 1.56. The van der Waals surface area contributed by atoms with Crippen molar-refractivity contribution in [3.8, 4) is 0 Å². The average Bonchev–Trinajstić information content (AvgIpc) is 2.28. The van der Waals surface area contributed by atoms with Crippen LogP contribution >= 0.6 is 0 Å². The van der Waals surface area contributed by atoms with Gasteiger partial charge in [-0.3, -0.25) is 0 Å². The fourth-order valence-corrected chi connectivity index (χ4v) is 1.85. The van der Waals surface area contributed by atoms with Crippen LogP contribution < -0.4 is 10.6 Å². The van der Waals surface area contributed by atoms with Gasteiger partial charge in [0.25, 0.3) is 0 Å². The van der Waals surface area contributed by atoms with Crippen molar-refractivity contribution in [2.75, 3.05) is 23.8 Å². The molecule has 100 valence electrons. The number of carboxylic acid groups (broad SMARTS) is 1. The Labute approximate surface area is 107 Å². The molecule has 0 fully saturated rings. The van der Waals surface area contributed by atoms with E-state index in [-0.39, 0.29) is 23.9 Å². The van der Waals surface area contributed by atoms with E-state index in [4.69, 9.17) is 15.9 Å². The van der Waals surface area contributed by atoms with Crippen molar-refractivity contribution in [1.82, 2.24) is 0 Å². The standard InChI is InChI=1S/C13H20N2O3/c1-9(2)15(6-3-7-16)10-4-5-11(13(17)18)12(14)8-10/h4-5,8-9,16H,3,6-7,14H2,1-2H3,(H,17,18). The predicted molar refractivity (Wildman–Crippen MR) is 72.0 cm³/mol. The molecule has 0 saturated heterocycles. The van der Waals surface area contributed by atoms with E-state index in [0.29, 0.717) is 13.0 Å². The summed E-state index contributed by atoms with van der Waals surface area (Å²) in [5.74, 6) is -1.02. The lowest BCUT2D eigenvalue weighted by atomic mass is 10.1. The van der Waals surface area contributed by atoms with Crippen LogP contribution in [0.2, 0.25) is 0 Å². The second-order valence-electron chi connectivity index (χ2n) is 4.44. The Morgan fingerprint density at radius 3 is 2.56 bits per heavy atom. The summed E-state index contributed by atoms with van der Waals surface area (Å²) in [6.07, 6.45) is 0.665. The number of benzene rings is 1. The number of nitrogens with zero attached hydrogens (tertiary/aromatic N) is 1. The quantitative estimate of drug-likeness (QED) is 0.669. The minimum atomic E-state index is -1.02. The summed E-state index contributed by atoms with van der Waals surface area (Å²) < 4.78 is 0. The number of rotatable bonds is 6. The summed E-state index contributed by atoms with van der Waals surface area (Å²) >= 11 is 0. The molecule has 0 atom stereocenters. The minimum absolute atomic E-state index is 0.115. The van der Waals surface area contributed by atoms with E-state index in [1.807, 2.05) is 13.8 Å². The summed E-state index contributed by atoms with van der Waals surface area (Å²) in [4.78, 5) is 13.0. The molecule has 5 nitrogen and oxygen atoms in total. The number of carboxylic acids is 1. The molecule has 18 heavy (non-hydrogen) atoms. The monoisotopic (exact) mass is 252 g/mol. The van der Waals surface area contributed by atoms with E-state index in [1.165, 1.54) is 6.07 Å². The van der Waals surface area contributed by atoms with Gasteiger partial charge in [-0.05, 0) is 38.5 Å². The number of carbonyl (C=O) groups is 1. The first-order chi connectivity index (χ1) is 8.47. The molecule has 0 aliphatic carbocycles. The lowest BCUT2D eigenvalue weighted by Crippen LogP contribution is -2.32. The first-order valence-corrected chi connectivity index (χ1v) is 5.97. The average molecular weight is 252 g/mol. The van der Waals surface area contributed by atoms with E-state index in [2.05, 4.69) is 4.90 Å². The molecule has 0 saturated carbocycles. The molecular weight excluding hydrogens is 232 g/mol. The number of aromatic carboxylic acids is 1. The van der Waals surface area contributed by atoms with Crippen LogP contribution in [0.5, 0.6) is 0 Å². The van der Waals surface area contributed by atoms with Crippen LogP contribution in [-0.2, 0) is 0 Å². The summed E-state index contributed by atoms with van der Waals surface area (Å²) in [6.45, 7) is 4.92. The van der Waals surface area contributed by atoms with Gasteiger partial charge < -0.3 is 20.8 Å². The highest BCUT2D eigenvalue weighted by Gasteiger charge is 2.13. The van der Waals surface area contributed by atoms with Crippen LogP contribution in [0, 0.1) is 0 Å². The number of aliphatic hydroxyl groups excluding tert-OH is 1. The molecule has 0 spiro atoms. The maximum Gasteiger partial charge on any atom is 0.337 e. The number of aliphatic hydroxyl groups is 1. The van der Waals surface area contributed by atoms with Crippen LogP contribution in [0.3, 0.4) is 0 Å². The molecule has 0 aromatic heterocycles. The summed E-state index contributed by atoms with van der Waals surface area (Å²) in [5.41, 5.74) is 6.98. The topological polar surface area (TPSA) is 86.8 Å². The fraction of sp³-hybridized carbons (Fsp3) is 0.462. The van der Waals surface area contributed by atoms with Gasteiger partial charge in [0.15, 0.2) is 0 Å². The Hall–Kier alpha value is -1.75. The van der Waals surface area contributed by atoms with E-state index < -0.39 is 5.97 Å². The Kier molecular flexibility index (Phi) is 4.97. The third kappa shape index (κ3) is 3.37. The highest BCUT2D eigenvalue weighted by atomic mass is 16.4. The Morgan fingerprint density at radius 2 is 2.11 bits per heavy atom. The first-order valence-electron chi connectivity index (χ1n) is 5.97. The van der Waals surface area contributed by atoms with Crippen molar-refractivity contribution in [3.63, 3.8) is 0 Å². The van der Waals surface area contributed by atoms with Gasteiger partial charge >= 0.3 is 5.97 Å². The second-order valence-corrected chi connectivity index (χ2v) is 4.44. The Morgan fingerprint density at radius 1 is 1.44 bits per heavy atom. The van der Waals surface area contributed by atoms with Gasteiger partial charge in [0, 0.05) is 30.6 Å². The zero-order chi connectivity index (χ0) is 13.7. The summed E-state index contributed by atoms with van der Waals surface area (Å²) in [5, 5.41) is 17.8. The third-order valence-corrected chi connectivity index (χ3v) is 2.78. The highest BCUT2D eigenvalue weighted by molar-refractivity contribution is 5.94. The van der Waals surface area contributed by atoms with Gasteiger partial charge in [0.2, 0.25) is 0 Å². The molecule has 0 radical (unpaired) electrons. The maximum absolute atomic E-state index is 10.9. The number of nitrogen functional groups attached to an aromatic ring is 1. The molecular formula is C13H20N2O3. The van der Waals surface area contributed by atoms with Gasteiger partial charge in [-0.1, -0.05) is 0 Å². The SMILES string of the molecule is CC(C)N(CCCO)c1ccc(C(=O)O)c(N)c1. The van der Waals surface area contributed by atoms with Crippen molar-refractivity contribution in [2.45, 2.75) is 26.3 Å². The molecule has 0 unspecified atom stereocenters. The van der Waals surface area contributed by atoms with Gasteiger partial charge in [0.05, 0.1) is 5.56 Å². The molecule has 0 aliphatic heterocycles. The number of hydrogen-bond donors (Lipinski definition) is 3. The third-order valence-electron chi connectivity index (χ3n) is 2.78. The largest absolute Gasteiger partial charge is 0.478 e. The molecule has 1 rings (SSSR count). The van der Waals surface area contributed by atoms with Crippen molar-refractivity contribution in [2.24, 2.45) is 0 Å². The fourth-order valence-electron chi connectivity index (χ4n) is 1.85. The zero-order valence-corrected chi connectivity index (χ0v) is 10.8. The second kappa shape index (κ2) is 6.26. The number of anilines is 2. The minimum Gasteiger partial charge on any atom is -0.478 e. The normalized spacial score (nSPS) is 10.7. The van der Waals surface area contributed by atoms with E-state index >= 15 is 0 Å². The van der Waals surface area contributed by atoms with Crippen molar-refractivity contribution in [3.05, 3.63) is 23.8 Å². The Balaban J connectivity index is 2.99. The molecule has 1 aromatic rings. The highest BCUT2D eigenvalue weighted by Crippen LogP contribution is 2.23. The van der Waals surface area contributed by atoms with Gasteiger partial charge in [0.1, 0.15) is 0 Å². The smallest absolute Gasteiger partial charge is 0.337 e. The van der Waals surface area contributed by atoms with Crippen LogP contribution in [0.25, 0.3) is 0 Å². The molecule has 1 aromatic carbocycles. The maximum atomic E-state index is 10.9. The van der Waals surface area contributed by atoms with Gasteiger partial charge in [-0.15, -0.1) is 0 Å². The number of nitrogens with two attached hydrogens (primary N) is 1. The van der Waals surface area contributed by atoms with Crippen molar-refractivity contribution < 1.29 is 15.0 Å². The summed E-state index contributed by atoms with van der Waals surface area (Å²) in [7, 11) is 0. The molecule has 0 bridgehead atoms. The number of hydrogen-bond acceptors (Lipinski definition) is 4. The van der Waals surface area contributed by atoms with Crippen molar-refractivity contribution in [1.29, 1.82) is 0 Å². The van der Waals surface area contributed by atoms with E-state index in [9.17, 15) is 4.79 Å². The molecule has 5 heteroatoms. The molecule has 4 N–H and O–H groups in total. The van der Waals surface area contributed by atoms with E-state index in [1.54, 1.807) is 12.1 Å². The van der Waals surface area contributed by atoms with Crippen molar-refractivity contribution >= 4 is 17.3 Å². The molecule has 0 amide bonds. The van der Waals surface area contributed by atoms with E-state index in [0.717, 1.165) is 5.69 Å².